The molecule has 0 aliphatic carbocycles. The predicted molar refractivity (Wildman–Crippen MR) is 74.0 cm³/mol. The Kier molecular flexibility index (Phi) is 4.15. The summed E-state index contributed by atoms with van der Waals surface area (Å²) in [6.07, 6.45) is 4.20. The van der Waals surface area contributed by atoms with E-state index in [-0.39, 0.29) is 11.4 Å². The number of hydrogen-bond acceptors (Lipinski definition) is 2. The van der Waals surface area contributed by atoms with E-state index in [0.29, 0.717) is 0 Å². The van der Waals surface area contributed by atoms with Crippen LogP contribution in [0.15, 0.2) is 30.3 Å². The van der Waals surface area contributed by atoms with Crippen LogP contribution in [-0.4, -0.2) is 36.6 Å². The van der Waals surface area contributed by atoms with Gasteiger partial charge in [-0.25, -0.2) is 4.39 Å². The summed E-state index contributed by atoms with van der Waals surface area (Å²) in [4.78, 5) is 2.43. The molecule has 0 unspecified atom stereocenters. The van der Waals surface area contributed by atoms with Crippen LogP contribution in [0.3, 0.4) is 0 Å². The molecule has 1 aromatic carbocycles. The SMILES string of the molecule is CC1(C)CN(C/C=C/c2ccc(F)cc2)CCN1. The number of benzene rings is 1. The number of nitrogens with one attached hydrogen (secondary N) is 1. The third-order valence-corrected chi connectivity index (χ3v) is 3.19. The molecule has 1 aliphatic heterocycles. The zero-order valence-electron chi connectivity index (χ0n) is 11.1. The van der Waals surface area contributed by atoms with E-state index in [1.54, 1.807) is 12.1 Å². The molecule has 3 heteroatoms. The van der Waals surface area contributed by atoms with Gasteiger partial charge in [0.1, 0.15) is 5.82 Å². The molecule has 1 N–H and O–H groups in total. The summed E-state index contributed by atoms with van der Waals surface area (Å²) < 4.78 is 12.7. The van der Waals surface area contributed by atoms with E-state index in [1.807, 2.05) is 0 Å². The number of piperazine rings is 1. The second kappa shape index (κ2) is 5.63. The summed E-state index contributed by atoms with van der Waals surface area (Å²) in [5.41, 5.74) is 1.24. The minimum atomic E-state index is -0.184. The van der Waals surface area contributed by atoms with Gasteiger partial charge in [-0.2, -0.15) is 0 Å². The molecule has 0 aromatic heterocycles. The van der Waals surface area contributed by atoms with Gasteiger partial charge >= 0.3 is 0 Å². The Labute approximate surface area is 108 Å². The van der Waals surface area contributed by atoms with E-state index in [9.17, 15) is 4.39 Å². The Hall–Kier alpha value is -1.19. The topological polar surface area (TPSA) is 15.3 Å². The lowest BCUT2D eigenvalue weighted by Gasteiger charge is -2.38. The van der Waals surface area contributed by atoms with Gasteiger partial charge in [-0.05, 0) is 31.5 Å². The maximum atomic E-state index is 12.7. The molecule has 1 aliphatic rings. The summed E-state index contributed by atoms with van der Waals surface area (Å²) in [7, 11) is 0. The van der Waals surface area contributed by atoms with Crippen molar-refractivity contribution in [3.05, 3.63) is 41.7 Å². The van der Waals surface area contributed by atoms with E-state index in [0.717, 1.165) is 31.7 Å². The van der Waals surface area contributed by atoms with Gasteiger partial charge in [0.05, 0.1) is 0 Å². The number of hydrogen-bond donors (Lipinski definition) is 1. The van der Waals surface area contributed by atoms with E-state index >= 15 is 0 Å². The van der Waals surface area contributed by atoms with Crippen LogP contribution in [0, 0.1) is 5.82 Å². The lowest BCUT2D eigenvalue weighted by atomic mass is 10.0. The zero-order valence-corrected chi connectivity index (χ0v) is 11.1. The molecule has 2 nitrogen and oxygen atoms in total. The fraction of sp³-hybridized carbons (Fsp3) is 0.467. The first kappa shape index (κ1) is 13.2. The van der Waals surface area contributed by atoms with Crippen LogP contribution >= 0.6 is 0 Å². The Balaban J connectivity index is 1.85. The van der Waals surface area contributed by atoms with Crippen molar-refractivity contribution in [3.63, 3.8) is 0 Å². The molecular formula is C15H21FN2. The predicted octanol–water partition coefficient (Wildman–Crippen LogP) is 2.52. The highest BCUT2D eigenvalue weighted by atomic mass is 19.1. The van der Waals surface area contributed by atoms with Crippen LogP contribution < -0.4 is 5.32 Å². The Bertz CT molecular complexity index is 409. The summed E-state index contributed by atoms with van der Waals surface area (Å²) in [6.45, 7) is 8.57. The second-order valence-corrected chi connectivity index (χ2v) is 5.50. The lowest BCUT2D eigenvalue weighted by Crippen LogP contribution is -2.56. The van der Waals surface area contributed by atoms with Crippen LogP contribution in [0.1, 0.15) is 19.4 Å². The normalized spacial score (nSPS) is 20.4. The third-order valence-electron chi connectivity index (χ3n) is 3.19. The van der Waals surface area contributed by atoms with Crippen LogP contribution in [0.5, 0.6) is 0 Å². The average Bonchev–Trinajstić information content (AvgIpc) is 2.30. The standard InChI is InChI=1S/C15H21FN2/c1-15(2)12-18(11-9-17-15)10-3-4-13-5-7-14(16)8-6-13/h3-8,17H,9-12H2,1-2H3/b4-3+. The van der Waals surface area contributed by atoms with Gasteiger partial charge in [-0.3, -0.25) is 4.90 Å². The fourth-order valence-electron chi connectivity index (χ4n) is 2.31. The average molecular weight is 248 g/mol. The zero-order chi connectivity index (χ0) is 13.0. The molecular weight excluding hydrogens is 227 g/mol. The molecule has 0 atom stereocenters. The second-order valence-electron chi connectivity index (χ2n) is 5.50. The molecule has 0 bridgehead atoms. The molecule has 2 rings (SSSR count). The van der Waals surface area contributed by atoms with Crippen LogP contribution in [0.25, 0.3) is 6.08 Å². The molecule has 0 radical (unpaired) electrons. The van der Waals surface area contributed by atoms with Crippen LogP contribution in [0.2, 0.25) is 0 Å². The quantitative estimate of drug-likeness (QED) is 0.884. The third kappa shape index (κ3) is 3.93. The van der Waals surface area contributed by atoms with Gasteiger partial charge in [0.15, 0.2) is 0 Å². The monoisotopic (exact) mass is 248 g/mol. The maximum Gasteiger partial charge on any atom is 0.123 e. The first-order valence-corrected chi connectivity index (χ1v) is 6.45. The number of halogens is 1. The Morgan fingerprint density at radius 2 is 2.06 bits per heavy atom. The maximum absolute atomic E-state index is 12.7. The lowest BCUT2D eigenvalue weighted by molar-refractivity contribution is 0.169. The van der Waals surface area contributed by atoms with Gasteiger partial charge in [0, 0.05) is 31.7 Å². The van der Waals surface area contributed by atoms with Gasteiger partial charge in [0.25, 0.3) is 0 Å². The van der Waals surface area contributed by atoms with Crippen molar-refractivity contribution in [2.75, 3.05) is 26.2 Å². The smallest absolute Gasteiger partial charge is 0.123 e. The van der Waals surface area contributed by atoms with Crippen molar-refractivity contribution in [2.45, 2.75) is 19.4 Å². The van der Waals surface area contributed by atoms with E-state index in [2.05, 4.69) is 36.2 Å². The van der Waals surface area contributed by atoms with E-state index < -0.39 is 0 Å². The molecule has 0 saturated carbocycles. The highest BCUT2D eigenvalue weighted by molar-refractivity contribution is 5.48. The molecule has 0 amide bonds. The van der Waals surface area contributed by atoms with Crippen molar-refractivity contribution in [1.82, 2.24) is 10.2 Å². The molecule has 1 saturated heterocycles. The summed E-state index contributed by atoms with van der Waals surface area (Å²) in [5, 5.41) is 3.50. The van der Waals surface area contributed by atoms with Crippen LogP contribution in [-0.2, 0) is 0 Å². The molecule has 1 heterocycles. The summed E-state index contributed by atoms with van der Waals surface area (Å²) >= 11 is 0. The van der Waals surface area contributed by atoms with Crippen LogP contribution in [0.4, 0.5) is 4.39 Å². The minimum absolute atomic E-state index is 0.184. The number of nitrogens with zero attached hydrogens (tertiary/aromatic N) is 1. The largest absolute Gasteiger partial charge is 0.309 e. The number of rotatable bonds is 3. The fourth-order valence-corrected chi connectivity index (χ4v) is 2.31. The highest BCUT2D eigenvalue weighted by Crippen LogP contribution is 2.10. The summed E-state index contributed by atoms with van der Waals surface area (Å²) in [6, 6.07) is 6.59. The molecule has 18 heavy (non-hydrogen) atoms. The van der Waals surface area contributed by atoms with Gasteiger partial charge < -0.3 is 5.32 Å². The first-order chi connectivity index (χ1) is 8.55. The van der Waals surface area contributed by atoms with Crippen molar-refractivity contribution in [1.29, 1.82) is 0 Å². The van der Waals surface area contributed by atoms with Crippen molar-refractivity contribution < 1.29 is 4.39 Å². The van der Waals surface area contributed by atoms with Gasteiger partial charge in [-0.1, -0.05) is 24.3 Å². The van der Waals surface area contributed by atoms with E-state index in [1.165, 1.54) is 12.1 Å². The van der Waals surface area contributed by atoms with E-state index in [4.69, 9.17) is 0 Å². The van der Waals surface area contributed by atoms with Crippen molar-refractivity contribution >= 4 is 6.08 Å². The van der Waals surface area contributed by atoms with Gasteiger partial charge in [0.2, 0.25) is 0 Å². The van der Waals surface area contributed by atoms with Crippen molar-refractivity contribution in [2.24, 2.45) is 0 Å². The first-order valence-electron chi connectivity index (χ1n) is 6.45. The Morgan fingerprint density at radius 3 is 2.72 bits per heavy atom. The molecule has 1 fully saturated rings. The highest BCUT2D eigenvalue weighted by Gasteiger charge is 2.24. The summed E-state index contributed by atoms with van der Waals surface area (Å²) in [5.74, 6) is -0.184. The molecule has 1 aromatic rings. The molecule has 98 valence electrons. The Morgan fingerprint density at radius 1 is 1.33 bits per heavy atom. The minimum Gasteiger partial charge on any atom is -0.309 e. The van der Waals surface area contributed by atoms with Gasteiger partial charge in [-0.15, -0.1) is 0 Å². The van der Waals surface area contributed by atoms with Crippen molar-refractivity contribution in [3.8, 4) is 0 Å². The molecule has 0 spiro atoms.